The van der Waals surface area contributed by atoms with Crippen molar-refractivity contribution in [3.8, 4) is 0 Å². The summed E-state index contributed by atoms with van der Waals surface area (Å²) in [4.78, 5) is 38.6. The Kier molecular flexibility index (Phi) is 5.64. The zero-order valence-electron chi connectivity index (χ0n) is 14.4. The fraction of sp³-hybridized carbons (Fsp3) is 0.263. The highest BCUT2D eigenvalue weighted by atomic mass is 16.4. The quantitative estimate of drug-likeness (QED) is 0.849. The summed E-state index contributed by atoms with van der Waals surface area (Å²) in [5.74, 6) is -0.698. The van der Waals surface area contributed by atoms with Crippen molar-refractivity contribution in [3.05, 3.63) is 58.8 Å². The fourth-order valence-corrected chi connectivity index (χ4v) is 2.58. The summed E-state index contributed by atoms with van der Waals surface area (Å²) in [6.45, 7) is 5.58. The molecule has 3 rings (SSSR count). The highest BCUT2D eigenvalue weighted by Crippen LogP contribution is 2.22. The molecule has 1 fully saturated rings. The molecule has 0 bridgehead atoms. The smallest absolute Gasteiger partial charge is 0.335 e. The Morgan fingerprint density at radius 1 is 1.04 bits per heavy atom. The normalized spacial score (nSPS) is 13.5. The van der Waals surface area contributed by atoms with Crippen molar-refractivity contribution in [2.45, 2.75) is 33.6 Å². The number of carbonyl (C=O) groups is 3. The molecule has 1 N–H and O–H groups in total. The fourth-order valence-electron chi connectivity index (χ4n) is 2.58. The number of aromatic carboxylic acids is 1. The maximum atomic E-state index is 11.4. The van der Waals surface area contributed by atoms with Gasteiger partial charge in [0, 0.05) is 19.0 Å². The lowest BCUT2D eigenvalue weighted by molar-refractivity contribution is -0.121. The van der Waals surface area contributed by atoms with E-state index in [1.54, 1.807) is 31.3 Å². The molecule has 2 heterocycles. The SMILES string of the molecule is Cc1ccc(C(=O)O)c(C)c1.Cc1cccnc1N1C(=O)CCC1=O. The molecule has 6 heteroatoms. The predicted octanol–water partition coefficient (Wildman–Crippen LogP) is 3.05. The maximum absolute atomic E-state index is 11.4. The van der Waals surface area contributed by atoms with E-state index in [4.69, 9.17) is 5.11 Å². The lowest BCUT2D eigenvalue weighted by Crippen LogP contribution is -2.30. The molecular weight excluding hydrogens is 320 g/mol. The zero-order valence-corrected chi connectivity index (χ0v) is 14.4. The molecule has 0 unspecified atom stereocenters. The number of rotatable bonds is 2. The zero-order chi connectivity index (χ0) is 18.6. The van der Waals surface area contributed by atoms with Crippen LogP contribution in [0.25, 0.3) is 0 Å². The molecule has 6 nitrogen and oxygen atoms in total. The van der Waals surface area contributed by atoms with E-state index in [9.17, 15) is 14.4 Å². The lowest BCUT2D eigenvalue weighted by atomic mass is 10.1. The number of pyridine rings is 1. The van der Waals surface area contributed by atoms with E-state index in [-0.39, 0.29) is 11.8 Å². The molecule has 0 aliphatic carbocycles. The van der Waals surface area contributed by atoms with Gasteiger partial charge in [0.2, 0.25) is 11.8 Å². The van der Waals surface area contributed by atoms with Crippen LogP contribution in [-0.4, -0.2) is 27.9 Å². The van der Waals surface area contributed by atoms with Gasteiger partial charge in [-0.05, 0) is 44.0 Å². The summed E-state index contributed by atoms with van der Waals surface area (Å²) < 4.78 is 0. The molecule has 1 aromatic carbocycles. The van der Waals surface area contributed by atoms with Crippen LogP contribution in [0.5, 0.6) is 0 Å². The van der Waals surface area contributed by atoms with Gasteiger partial charge in [0.05, 0.1) is 5.56 Å². The van der Waals surface area contributed by atoms with Crippen LogP contribution < -0.4 is 4.90 Å². The molecule has 1 aromatic heterocycles. The van der Waals surface area contributed by atoms with Gasteiger partial charge >= 0.3 is 5.97 Å². The number of carboxylic acids is 1. The van der Waals surface area contributed by atoms with Crippen LogP contribution in [0, 0.1) is 20.8 Å². The van der Waals surface area contributed by atoms with Crippen molar-refractivity contribution in [2.75, 3.05) is 4.90 Å². The summed E-state index contributed by atoms with van der Waals surface area (Å²) in [6.07, 6.45) is 2.19. The second kappa shape index (κ2) is 7.70. The number of hydrogen-bond donors (Lipinski definition) is 1. The molecule has 2 aromatic rings. The number of nitrogens with zero attached hydrogens (tertiary/aromatic N) is 2. The van der Waals surface area contributed by atoms with Gasteiger partial charge in [-0.3, -0.25) is 9.59 Å². The minimum absolute atomic E-state index is 0.156. The van der Waals surface area contributed by atoms with Gasteiger partial charge in [0.1, 0.15) is 5.82 Å². The second-order valence-electron chi connectivity index (χ2n) is 5.89. The van der Waals surface area contributed by atoms with E-state index >= 15 is 0 Å². The van der Waals surface area contributed by atoms with Crippen LogP contribution in [0.2, 0.25) is 0 Å². The second-order valence-corrected chi connectivity index (χ2v) is 5.89. The number of hydrogen-bond acceptors (Lipinski definition) is 4. The lowest BCUT2D eigenvalue weighted by Gasteiger charge is -2.14. The number of imide groups is 1. The highest BCUT2D eigenvalue weighted by molar-refractivity contribution is 6.19. The molecule has 1 aliphatic heterocycles. The van der Waals surface area contributed by atoms with Crippen molar-refractivity contribution < 1.29 is 19.5 Å². The van der Waals surface area contributed by atoms with Gasteiger partial charge in [0.25, 0.3) is 0 Å². The van der Waals surface area contributed by atoms with Crippen molar-refractivity contribution in [2.24, 2.45) is 0 Å². The van der Waals surface area contributed by atoms with Crippen molar-refractivity contribution in [3.63, 3.8) is 0 Å². The molecule has 0 spiro atoms. The average molecular weight is 340 g/mol. The van der Waals surface area contributed by atoms with E-state index in [1.165, 1.54) is 4.90 Å². The van der Waals surface area contributed by atoms with Crippen molar-refractivity contribution in [1.82, 2.24) is 4.98 Å². The van der Waals surface area contributed by atoms with Crippen LogP contribution in [0.15, 0.2) is 36.5 Å². The highest BCUT2D eigenvalue weighted by Gasteiger charge is 2.31. The minimum atomic E-state index is -0.859. The third kappa shape index (κ3) is 4.29. The molecule has 0 atom stereocenters. The van der Waals surface area contributed by atoms with Gasteiger partial charge in [-0.15, -0.1) is 0 Å². The van der Waals surface area contributed by atoms with Crippen LogP contribution in [0.3, 0.4) is 0 Å². The Labute approximate surface area is 146 Å². The topological polar surface area (TPSA) is 87.6 Å². The maximum Gasteiger partial charge on any atom is 0.335 e. The molecule has 0 saturated carbocycles. The van der Waals surface area contributed by atoms with Gasteiger partial charge in [-0.2, -0.15) is 0 Å². The first kappa shape index (κ1) is 18.3. The van der Waals surface area contributed by atoms with Crippen molar-refractivity contribution in [1.29, 1.82) is 0 Å². The number of carboxylic acid groups (broad SMARTS) is 1. The van der Waals surface area contributed by atoms with Gasteiger partial charge in [0.15, 0.2) is 0 Å². The Bertz CT molecular complexity index is 814. The summed E-state index contributed by atoms with van der Waals surface area (Å²) >= 11 is 0. The summed E-state index contributed by atoms with van der Waals surface area (Å²) in [7, 11) is 0. The average Bonchev–Trinajstić information content (AvgIpc) is 2.87. The largest absolute Gasteiger partial charge is 0.478 e. The molecule has 2 amide bonds. The molecule has 1 saturated heterocycles. The first-order chi connectivity index (χ1) is 11.8. The van der Waals surface area contributed by atoms with E-state index in [0.717, 1.165) is 16.7 Å². The summed E-state index contributed by atoms with van der Waals surface area (Å²) in [6, 6.07) is 8.91. The Balaban J connectivity index is 0.000000186. The number of aryl methyl sites for hydroxylation is 3. The monoisotopic (exact) mass is 340 g/mol. The van der Waals surface area contributed by atoms with Crippen LogP contribution >= 0.6 is 0 Å². The Hall–Kier alpha value is -3.02. The molecule has 0 radical (unpaired) electrons. The predicted molar refractivity (Wildman–Crippen MR) is 93.6 cm³/mol. The number of amides is 2. The first-order valence-electron chi connectivity index (χ1n) is 7.89. The van der Waals surface area contributed by atoms with E-state index in [2.05, 4.69) is 4.98 Å². The summed E-state index contributed by atoms with van der Waals surface area (Å²) in [5, 5.41) is 8.66. The first-order valence-corrected chi connectivity index (χ1v) is 7.89. The minimum Gasteiger partial charge on any atom is -0.478 e. The molecular formula is C19H20N2O4. The van der Waals surface area contributed by atoms with E-state index < -0.39 is 5.97 Å². The van der Waals surface area contributed by atoms with E-state index in [1.807, 2.05) is 26.0 Å². The third-order valence-corrected chi connectivity index (χ3v) is 3.86. The third-order valence-electron chi connectivity index (χ3n) is 3.86. The standard InChI is InChI=1S/C10H10N2O2.C9H10O2/c1-7-3-2-6-11-10(7)12-8(13)4-5-9(12)14;1-6-3-4-8(9(10)11)7(2)5-6/h2-3,6H,4-5H2,1H3;3-5H,1-2H3,(H,10,11). The molecule has 1 aliphatic rings. The number of anilines is 1. The Morgan fingerprint density at radius 3 is 2.20 bits per heavy atom. The van der Waals surface area contributed by atoms with E-state index in [0.29, 0.717) is 24.2 Å². The number of aromatic nitrogens is 1. The van der Waals surface area contributed by atoms with Crippen molar-refractivity contribution >= 4 is 23.6 Å². The van der Waals surface area contributed by atoms with Crippen LogP contribution in [-0.2, 0) is 9.59 Å². The van der Waals surface area contributed by atoms with Gasteiger partial charge < -0.3 is 5.11 Å². The summed E-state index contributed by atoms with van der Waals surface area (Å²) in [5.41, 5.74) is 3.14. The Morgan fingerprint density at radius 2 is 1.68 bits per heavy atom. The van der Waals surface area contributed by atoms with Crippen LogP contribution in [0.4, 0.5) is 5.82 Å². The van der Waals surface area contributed by atoms with Crippen LogP contribution in [0.1, 0.15) is 39.9 Å². The number of benzene rings is 1. The molecule has 130 valence electrons. The number of carbonyl (C=O) groups excluding carboxylic acids is 2. The van der Waals surface area contributed by atoms with Gasteiger partial charge in [-0.1, -0.05) is 23.8 Å². The van der Waals surface area contributed by atoms with Gasteiger partial charge in [-0.25, -0.2) is 14.7 Å². The molecule has 25 heavy (non-hydrogen) atoms.